The van der Waals surface area contributed by atoms with Crippen molar-refractivity contribution in [1.29, 1.82) is 0 Å². The molecule has 5 rings (SSSR count). The van der Waals surface area contributed by atoms with Gasteiger partial charge in [-0.05, 0) is 30.5 Å². The standard InChI is InChI=1S/C23H24N6O2S2/c1-15(18-7-4-12-32-18)28-8-10-29(11-9-28)20-13-21(25-14-24-20)31-17-5-3-6-19-22(17)27-23(33-19)26-16(2)30/h3-7,12-15H,8-11H2,1-2H3,(H,26,27,30)/t15-/m0/s1. The van der Waals surface area contributed by atoms with Gasteiger partial charge in [0.25, 0.3) is 0 Å². The van der Waals surface area contributed by atoms with Crippen LogP contribution < -0.4 is 15.0 Å². The van der Waals surface area contributed by atoms with Crippen LogP contribution in [0.3, 0.4) is 0 Å². The predicted octanol–water partition coefficient (Wildman–Crippen LogP) is 4.78. The van der Waals surface area contributed by atoms with Gasteiger partial charge in [-0.25, -0.2) is 15.0 Å². The van der Waals surface area contributed by atoms with Crippen molar-refractivity contribution in [3.8, 4) is 11.6 Å². The fraction of sp³-hybridized carbons (Fsp3) is 0.304. The number of thiophene rings is 1. The fourth-order valence-electron chi connectivity index (χ4n) is 3.93. The molecule has 33 heavy (non-hydrogen) atoms. The molecular formula is C23H24N6O2S2. The van der Waals surface area contributed by atoms with Gasteiger partial charge in [0, 0.05) is 50.1 Å². The number of thiazole rings is 1. The van der Waals surface area contributed by atoms with E-state index in [1.165, 1.54) is 29.5 Å². The van der Waals surface area contributed by atoms with E-state index in [2.05, 4.69) is 54.5 Å². The summed E-state index contributed by atoms with van der Waals surface area (Å²) in [4.78, 5) is 30.8. The Morgan fingerprint density at radius 2 is 2.00 bits per heavy atom. The number of ether oxygens (including phenoxy) is 1. The van der Waals surface area contributed by atoms with Crippen molar-refractivity contribution >= 4 is 49.7 Å². The van der Waals surface area contributed by atoms with Crippen molar-refractivity contribution < 1.29 is 9.53 Å². The van der Waals surface area contributed by atoms with Gasteiger partial charge in [0.05, 0.1) is 4.70 Å². The van der Waals surface area contributed by atoms with Gasteiger partial charge in [0.1, 0.15) is 17.7 Å². The highest BCUT2D eigenvalue weighted by Gasteiger charge is 2.23. The topological polar surface area (TPSA) is 83.5 Å². The first-order valence-electron chi connectivity index (χ1n) is 10.8. The summed E-state index contributed by atoms with van der Waals surface area (Å²) in [5, 5.41) is 5.42. The smallest absolute Gasteiger partial charge is 0.224 e. The number of piperazine rings is 1. The molecule has 10 heteroatoms. The quantitative estimate of drug-likeness (QED) is 0.425. The third kappa shape index (κ3) is 4.82. The predicted molar refractivity (Wildman–Crippen MR) is 133 cm³/mol. The molecule has 0 spiro atoms. The number of carbonyl (C=O) groups excluding carboxylic acids is 1. The Morgan fingerprint density at radius 3 is 2.76 bits per heavy atom. The number of benzene rings is 1. The van der Waals surface area contributed by atoms with Crippen LogP contribution in [-0.4, -0.2) is 51.9 Å². The lowest BCUT2D eigenvalue weighted by Gasteiger charge is -2.38. The number of para-hydroxylation sites is 1. The van der Waals surface area contributed by atoms with Crippen molar-refractivity contribution in [2.24, 2.45) is 0 Å². The van der Waals surface area contributed by atoms with Crippen molar-refractivity contribution in [1.82, 2.24) is 19.9 Å². The van der Waals surface area contributed by atoms with Crippen LogP contribution in [-0.2, 0) is 4.79 Å². The second-order valence-corrected chi connectivity index (χ2v) is 9.84. The molecule has 1 aliphatic rings. The maximum atomic E-state index is 11.4. The van der Waals surface area contributed by atoms with E-state index in [1.54, 1.807) is 0 Å². The number of carbonyl (C=O) groups is 1. The summed E-state index contributed by atoms with van der Waals surface area (Å²) in [5.74, 6) is 1.77. The van der Waals surface area contributed by atoms with Crippen LogP contribution in [0.5, 0.6) is 11.6 Å². The molecule has 0 radical (unpaired) electrons. The fourth-order valence-corrected chi connectivity index (χ4v) is 5.68. The van der Waals surface area contributed by atoms with Crippen molar-refractivity contribution in [3.63, 3.8) is 0 Å². The Labute approximate surface area is 199 Å². The normalized spacial score (nSPS) is 15.5. The molecular weight excluding hydrogens is 456 g/mol. The first-order chi connectivity index (χ1) is 16.1. The average molecular weight is 481 g/mol. The minimum absolute atomic E-state index is 0.151. The van der Waals surface area contributed by atoms with Gasteiger partial charge in [-0.2, -0.15) is 0 Å². The molecule has 3 aromatic heterocycles. The van der Waals surface area contributed by atoms with E-state index in [0.29, 0.717) is 28.3 Å². The first kappa shape index (κ1) is 21.7. The molecule has 4 aromatic rings. The van der Waals surface area contributed by atoms with Crippen LogP contribution in [0.4, 0.5) is 10.9 Å². The van der Waals surface area contributed by atoms with Crippen LogP contribution in [0.15, 0.2) is 48.1 Å². The highest BCUT2D eigenvalue weighted by atomic mass is 32.1. The number of hydrogen-bond acceptors (Lipinski definition) is 9. The number of hydrogen-bond donors (Lipinski definition) is 1. The van der Waals surface area contributed by atoms with Crippen LogP contribution in [0.2, 0.25) is 0 Å². The van der Waals surface area contributed by atoms with Crippen LogP contribution in [0.25, 0.3) is 10.2 Å². The van der Waals surface area contributed by atoms with E-state index < -0.39 is 0 Å². The van der Waals surface area contributed by atoms with E-state index in [9.17, 15) is 4.79 Å². The number of nitrogens with zero attached hydrogens (tertiary/aromatic N) is 5. The van der Waals surface area contributed by atoms with Gasteiger partial charge >= 0.3 is 0 Å². The minimum atomic E-state index is -0.151. The molecule has 0 unspecified atom stereocenters. The Kier molecular flexibility index (Phi) is 6.21. The zero-order chi connectivity index (χ0) is 22.8. The molecule has 0 aliphatic carbocycles. The minimum Gasteiger partial charge on any atom is -0.437 e. The average Bonchev–Trinajstić information content (AvgIpc) is 3.49. The number of amides is 1. The summed E-state index contributed by atoms with van der Waals surface area (Å²) >= 11 is 3.22. The van der Waals surface area contributed by atoms with E-state index >= 15 is 0 Å². The monoisotopic (exact) mass is 480 g/mol. The molecule has 1 aliphatic heterocycles. The van der Waals surface area contributed by atoms with Gasteiger partial charge in [-0.15, -0.1) is 11.3 Å². The second-order valence-electron chi connectivity index (χ2n) is 7.83. The number of nitrogens with one attached hydrogen (secondary N) is 1. The lowest BCUT2D eigenvalue weighted by Crippen LogP contribution is -2.47. The molecule has 1 saturated heterocycles. The molecule has 1 aromatic carbocycles. The second kappa shape index (κ2) is 9.42. The van der Waals surface area contributed by atoms with Gasteiger partial charge in [-0.1, -0.05) is 23.5 Å². The molecule has 1 atom stereocenters. The third-order valence-electron chi connectivity index (χ3n) is 5.65. The SMILES string of the molecule is CC(=O)Nc1nc2c(Oc3cc(N4CCN([C@@H](C)c5cccs5)CC4)ncn3)cccc2s1. The van der Waals surface area contributed by atoms with E-state index in [4.69, 9.17) is 4.74 Å². The Hall–Kier alpha value is -3.08. The molecule has 0 bridgehead atoms. The molecule has 1 fully saturated rings. The van der Waals surface area contributed by atoms with E-state index in [0.717, 1.165) is 36.7 Å². The van der Waals surface area contributed by atoms with Crippen molar-refractivity contribution in [2.75, 3.05) is 36.4 Å². The third-order valence-corrected chi connectivity index (χ3v) is 7.63. The van der Waals surface area contributed by atoms with Gasteiger partial charge in [-0.3, -0.25) is 9.69 Å². The summed E-state index contributed by atoms with van der Waals surface area (Å²) in [6.45, 7) is 7.48. The summed E-state index contributed by atoms with van der Waals surface area (Å²) < 4.78 is 7.03. The Morgan fingerprint density at radius 1 is 1.15 bits per heavy atom. The summed E-state index contributed by atoms with van der Waals surface area (Å²) in [5.41, 5.74) is 0.697. The first-order valence-corrected chi connectivity index (χ1v) is 12.5. The number of rotatable bonds is 6. The Bertz CT molecular complexity index is 1250. The van der Waals surface area contributed by atoms with Crippen molar-refractivity contribution in [3.05, 3.63) is 53.0 Å². The van der Waals surface area contributed by atoms with Gasteiger partial charge in [0.15, 0.2) is 10.9 Å². The maximum absolute atomic E-state index is 11.4. The Balaban J connectivity index is 1.28. The molecule has 4 heterocycles. The lowest BCUT2D eigenvalue weighted by atomic mass is 10.2. The maximum Gasteiger partial charge on any atom is 0.224 e. The van der Waals surface area contributed by atoms with E-state index in [1.807, 2.05) is 35.6 Å². The lowest BCUT2D eigenvalue weighted by molar-refractivity contribution is -0.114. The van der Waals surface area contributed by atoms with Crippen LogP contribution in [0, 0.1) is 0 Å². The zero-order valence-corrected chi connectivity index (χ0v) is 20.0. The van der Waals surface area contributed by atoms with E-state index in [-0.39, 0.29) is 5.91 Å². The molecule has 1 N–H and O–H groups in total. The summed E-state index contributed by atoms with van der Waals surface area (Å²) in [6.07, 6.45) is 1.54. The zero-order valence-electron chi connectivity index (χ0n) is 18.4. The largest absolute Gasteiger partial charge is 0.437 e. The molecule has 170 valence electrons. The van der Waals surface area contributed by atoms with Gasteiger partial charge < -0.3 is 15.0 Å². The number of anilines is 2. The highest BCUT2D eigenvalue weighted by molar-refractivity contribution is 7.22. The summed E-state index contributed by atoms with van der Waals surface area (Å²) in [6, 6.07) is 12.3. The molecule has 0 saturated carbocycles. The number of aromatic nitrogens is 3. The van der Waals surface area contributed by atoms with Crippen molar-refractivity contribution in [2.45, 2.75) is 19.9 Å². The van der Waals surface area contributed by atoms with Crippen LogP contribution in [0.1, 0.15) is 24.8 Å². The van der Waals surface area contributed by atoms with Crippen LogP contribution >= 0.6 is 22.7 Å². The highest BCUT2D eigenvalue weighted by Crippen LogP contribution is 2.35. The molecule has 8 nitrogen and oxygen atoms in total. The number of fused-ring (bicyclic) bond motifs is 1. The van der Waals surface area contributed by atoms with Gasteiger partial charge in [0.2, 0.25) is 11.8 Å². The summed E-state index contributed by atoms with van der Waals surface area (Å²) in [7, 11) is 0. The molecule has 1 amide bonds.